The molecular weight excluding hydrogens is 256 g/mol. The summed E-state index contributed by atoms with van der Waals surface area (Å²) in [6.07, 6.45) is 0. The molecule has 6 nitrogen and oxygen atoms in total. The molecule has 0 saturated heterocycles. The Morgan fingerprint density at radius 2 is 1.70 bits per heavy atom. The van der Waals surface area contributed by atoms with Crippen LogP contribution in [0.25, 0.3) is 0 Å². The Morgan fingerprint density at radius 1 is 0.950 bits per heavy atom. The highest BCUT2D eigenvalue weighted by atomic mass is 16.2. The maximum absolute atomic E-state index is 11.8. The number of hydrogen-bond donors (Lipinski definition) is 3. The molecule has 6 heteroatoms. The van der Waals surface area contributed by atoms with E-state index in [0.29, 0.717) is 11.5 Å². The van der Waals surface area contributed by atoms with Crippen molar-refractivity contribution >= 4 is 23.4 Å². The zero-order valence-corrected chi connectivity index (χ0v) is 10.9. The molecule has 0 bridgehead atoms. The molecule has 0 atom stereocenters. The van der Waals surface area contributed by atoms with Crippen LogP contribution in [0.2, 0.25) is 0 Å². The third-order valence-electron chi connectivity index (χ3n) is 2.48. The topological polar surface area (TPSA) is 83.1 Å². The first-order valence-electron chi connectivity index (χ1n) is 6.01. The standard InChI is InChI=1S/C14H14N4O2/c1-15-13(19)11-8-5-9-12(17-11)18-14(20)16-10-6-3-2-4-7-10/h2-9H,1H3,(H,15,19)(H2,16,17,18,20). The molecule has 0 saturated carbocycles. The number of urea groups is 1. The highest BCUT2D eigenvalue weighted by Crippen LogP contribution is 2.08. The van der Waals surface area contributed by atoms with Crippen molar-refractivity contribution in [2.75, 3.05) is 17.7 Å². The minimum absolute atomic E-state index is 0.241. The number of rotatable bonds is 3. The maximum Gasteiger partial charge on any atom is 0.324 e. The Labute approximate surface area is 116 Å². The van der Waals surface area contributed by atoms with Crippen molar-refractivity contribution in [1.29, 1.82) is 0 Å². The number of nitrogens with zero attached hydrogens (tertiary/aromatic N) is 1. The first kappa shape index (κ1) is 13.5. The number of carbonyl (C=O) groups excluding carboxylic acids is 2. The number of benzene rings is 1. The molecule has 3 N–H and O–H groups in total. The summed E-state index contributed by atoms with van der Waals surface area (Å²) in [6, 6.07) is 13.4. The van der Waals surface area contributed by atoms with Crippen molar-refractivity contribution in [3.8, 4) is 0 Å². The van der Waals surface area contributed by atoms with E-state index in [1.165, 1.54) is 7.05 Å². The molecule has 0 spiro atoms. The van der Waals surface area contributed by atoms with E-state index in [9.17, 15) is 9.59 Å². The number of nitrogens with one attached hydrogen (secondary N) is 3. The van der Waals surface area contributed by atoms with Crippen LogP contribution in [0.4, 0.5) is 16.3 Å². The molecule has 2 aromatic rings. The van der Waals surface area contributed by atoms with E-state index < -0.39 is 6.03 Å². The molecular formula is C14H14N4O2. The van der Waals surface area contributed by atoms with Gasteiger partial charge in [-0.3, -0.25) is 10.1 Å². The van der Waals surface area contributed by atoms with Crippen LogP contribution in [0, 0.1) is 0 Å². The van der Waals surface area contributed by atoms with Gasteiger partial charge in [-0.05, 0) is 24.3 Å². The van der Waals surface area contributed by atoms with Gasteiger partial charge in [-0.15, -0.1) is 0 Å². The summed E-state index contributed by atoms with van der Waals surface area (Å²) in [5.74, 6) is -0.00310. The zero-order valence-electron chi connectivity index (χ0n) is 10.9. The van der Waals surface area contributed by atoms with E-state index in [4.69, 9.17) is 0 Å². The normalized spacial score (nSPS) is 9.65. The minimum Gasteiger partial charge on any atom is -0.354 e. The average Bonchev–Trinajstić information content (AvgIpc) is 2.47. The van der Waals surface area contributed by atoms with Crippen molar-refractivity contribution < 1.29 is 9.59 Å². The van der Waals surface area contributed by atoms with Crippen LogP contribution in [0.5, 0.6) is 0 Å². The number of carbonyl (C=O) groups is 2. The van der Waals surface area contributed by atoms with Crippen molar-refractivity contribution in [2.45, 2.75) is 0 Å². The van der Waals surface area contributed by atoms with Gasteiger partial charge in [-0.1, -0.05) is 24.3 Å². The Kier molecular flexibility index (Phi) is 4.28. The van der Waals surface area contributed by atoms with E-state index in [2.05, 4.69) is 20.9 Å². The fraction of sp³-hybridized carbons (Fsp3) is 0.0714. The Balaban J connectivity index is 2.03. The Hall–Kier alpha value is -2.89. The second-order valence-corrected chi connectivity index (χ2v) is 3.93. The summed E-state index contributed by atoms with van der Waals surface area (Å²) in [6.45, 7) is 0. The zero-order chi connectivity index (χ0) is 14.4. The molecule has 1 heterocycles. The second kappa shape index (κ2) is 6.33. The van der Waals surface area contributed by atoms with Crippen LogP contribution in [0.15, 0.2) is 48.5 Å². The van der Waals surface area contributed by atoms with E-state index in [1.807, 2.05) is 18.2 Å². The van der Waals surface area contributed by atoms with Crippen LogP contribution in [0.3, 0.4) is 0 Å². The summed E-state index contributed by atoms with van der Waals surface area (Å²) in [5.41, 5.74) is 0.914. The van der Waals surface area contributed by atoms with Crippen LogP contribution >= 0.6 is 0 Å². The molecule has 102 valence electrons. The van der Waals surface area contributed by atoms with E-state index in [1.54, 1.807) is 30.3 Å². The average molecular weight is 270 g/mol. The van der Waals surface area contributed by atoms with Crippen molar-refractivity contribution in [1.82, 2.24) is 10.3 Å². The number of amides is 3. The number of anilines is 2. The maximum atomic E-state index is 11.8. The largest absolute Gasteiger partial charge is 0.354 e. The lowest BCUT2D eigenvalue weighted by Gasteiger charge is -2.07. The molecule has 0 unspecified atom stereocenters. The number of hydrogen-bond acceptors (Lipinski definition) is 3. The molecule has 3 amide bonds. The van der Waals surface area contributed by atoms with Crippen LogP contribution < -0.4 is 16.0 Å². The van der Waals surface area contributed by atoms with Gasteiger partial charge in [0.15, 0.2) is 0 Å². The molecule has 0 aliphatic heterocycles. The Morgan fingerprint density at radius 3 is 2.40 bits per heavy atom. The van der Waals surface area contributed by atoms with Gasteiger partial charge in [0.25, 0.3) is 5.91 Å². The van der Waals surface area contributed by atoms with E-state index in [-0.39, 0.29) is 11.6 Å². The molecule has 0 fully saturated rings. The highest BCUT2D eigenvalue weighted by molar-refractivity contribution is 5.99. The monoisotopic (exact) mass is 270 g/mol. The van der Waals surface area contributed by atoms with E-state index in [0.717, 1.165) is 0 Å². The quantitative estimate of drug-likeness (QED) is 0.798. The van der Waals surface area contributed by atoms with Crippen LogP contribution in [0.1, 0.15) is 10.5 Å². The van der Waals surface area contributed by atoms with Gasteiger partial charge in [0, 0.05) is 12.7 Å². The smallest absolute Gasteiger partial charge is 0.324 e. The molecule has 0 radical (unpaired) electrons. The second-order valence-electron chi connectivity index (χ2n) is 3.93. The predicted octanol–water partition coefficient (Wildman–Crippen LogP) is 2.09. The van der Waals surface area contributed by atoms with Crippen LogP contribution in [-0.4, -0.2) is 24.0 Å². The van der Waals surface area contributed by atoms with Crippen molar-refractivity contribution in [3.05, 3.63) is 54.2 Å². The van der Waals surface area contributed by atoms with Gasteiger partial charge < -0.3 is 10.6 Å². The first-order chi connectivity index (χ1) is 9.69. The van der Waals surface area contributed by atoms with Crippen molar-refractivity contribution in [3.63, 3.8) is 0 Å². The fourth-order valence-electron chi connectivity index (χ4n) is 1.56. The highest BCUT2D eigenvalue weighted by Gasteiger charge is 2.07. The first-order valence-corrected chi connectivity index (χ1v) is 6.01. The molecule has 1 aromatic carbocycles. The lowest BCUT2D eigenvalue weighted by molar-refractivity contribution is 0.0958. The molecule has 20 heavy (non-hydrogen) atoms. The summed E-state index contributed by atoms with van der Waals surface area (Å²) in [4.78, 5) is 27.3. The van der Waals surface area contributed by atoms with Gasteiger partial charge in [-0.25, -0.2) is 9.78 Å². The van der Waals surface area contributed by atoms with Crippen LogP contribution in [-0.2, 0) is 0 Å². The summed E-state index contributed by atoms with van der Waals surface area (Å²) < 4.78 is 0. The molecule has 1 aromatic heterocycles. The molecule has 0 aliphatic rings. The molecule has 2 rings (SSSR count). The lowest BCUT2D eigenvalue weighted by atomic mass is 10.3. The van der Waals surface area contributed by atoms with Gasteiger partial charge in [0.2, 0.25) is 0 Å². The fourth-order valence-corrected chi connectivity index (χ4v) is 1.56. The third-order valence-corrected chi connectivity index (χ3v) is 2.48. The van der Waals surface area contributed by atoms with Gasteiger partial charge in [0.05, 0.1) is 0 Å². The third kappa shape index (κ3) is 3.55. The lowest BCUT2D eigenvalue weighted by Crippen LogP contribution is -2.22. The number of pyridine rings is 1. The SMILES string of the molecule is CNC(=O)c1cccc(NC(=O)Nc2ccccc2)n1. The number of para-hydroxylation sites is 1. The van der Waals surface area contributed by atoms with E-state index >= 15 is 0 Å². The number of aromatic nitrogens is 1. The predicted molar refractivity (Wildman–Crippen MR) is 76.7 cm³/mol. The van der Waals surface area contributed by atoms with Gasteiger partial charge >= 0.3 is 6.03 Å². The summed E-state index contributed by atoms with van der Waals surface area (Å²) in [5, 5.41) is 7.70. The Bertz CT molecular complexity index is 614. The summed E-state index contributed by atoms with van der Waals surface area (Å²) >= 11 is 0. The summed E-state index contributed by atoms with van der Waals surface area (Å²) in [7, 11) is 1.52. The van der Waals surface area contributed by atoms with Gasteiger partial charge in [0.1, 0.15) is 11.5 Å². The molecule has 0 aliphatic carbocycles. The van der Waals surface area contributed by atoms with Gasteiger partial charge in [-0.2, -0.15) is 0 Å². The van der Waals surface area contributed by atoms with Crippen molar-refractivity contribution in [2.24, 2.45) is 0 Å². The minimum atomic E-state index is -0.419.